The maximum atomic E-state index is 11.5. The molecule has 24 heavy (non-hydrogen) atoms. The van der Waals surface area contributed by atoms with Crippen molar-refractivity contribution in [2.75, 3.05) is 26.3 Å². The number of esters is 1. The minimum absolute atomic E-state index is 0.0672. The summed E-state index contributed by atoms with van der Waals surface area (Å²) in [4.78, 5) is 14.0. The fourth-order valence-corrected chi connectivity index (χ4v) is 6.57. The van der Waals surface area contributed by atoms with E-state index in [1.54, 1.807) is 0 Å². The third-order valence-electron chi connectivity index (χ3n) is 6.72. The molecule has 4 atom stereocenters. The van der Waals surface area contributed by atoms with Gasteiger partial charge in [-0.2, -0.15) is 0 Å². The van der Waals surface area contributed by atoms with Gasteiger partial charge >= 0.3 is 5.97 Å². The molecule has 3 aliphatic carbocycles. The highest BCUT2D eigenvalue weighted by molar-refractivity contribution is 6.53. The number of allylic oxidation sites excluding steroid dienone is 1. The highest BCUT2D eigenvalue weighted by Crippen LogP contribution is 2.76. The van der Waals surface area contributed by atoms with Crippen molar-refractivity contribution in [2.24, 2.45) is 11.3 Å². The highest BCUT2D eigenvalue weighted by atomic mass is 35.5. The average molecular weight is 374 g/mol. The zero-order chi connectivity index (χ0) is 17.2. The van der Waals surface area contributed by atoms with Crippen LogP contribution in [0.15, 0.2) is 11.6 Å². The van der Waals surface area contributed by atoms with E-state index in [0.29, 0.717) is 0 Å². The van der Waals surface area contributed by atoms with Crippen LogP contribution in [0.5, 0.6) is 0 Å². The van der Waals surface area contributed by atoms with Crippen molar-refractivity contribution in [3.05, 3.63) is 11.6 Å². The van der Waals surface area contributed by atoms with Gasteiger partial charge in [0.05, 0.1) is 18.8 Å². The van der Waals surface area contributed by atoms with Crippen LogP contribution in [0.25, 0.3) is 0 Å². The average Bonchev–Trinajstić information content (AvgIpc) is 3.06. The molecule has 4 unspecified atom stereocenters. The van der Waals surface area contributed by atoms with Gasteiger partial charge in [0, 0.05) is 31.3 Å². The number of hydrogen-bond donors (Lipinski definition) is 0. The first-order valence-corrected chi connectivity index (χ1v) is 9.68. The normalized spacial score (nSPS) is 44.1. The summed E-state index contributed by atoms with van der Waals surface area (Å²) in [5, 5.41) is 0. The second-order valence-corrected chi connectivity index (χ2v) is 9.22. The second-order valence-electron chi connectivity index (χ2n) is 7.83. The van der Waals surface area contributed by atoms with E-state index in [2.05, 4.69) is 17.9 Å². The van der Waals surface area contributed by atoms with E-state index in [0.717, 1.165) is 52.0 Å². The van der Waals surface area contributed by atoms with Gasteiger partial charge in [-0.05, 0) is 25.7 Å². The van der Waals surface area contributed by atoms with E-state index < -0.39 is 4.33 Å². The van der Waals surface area contributed by atoms with Gasteiger partial charge in [-0.1, -0.05) is 41.8 Å². The van der Waals surface area contributed by atoms with Crippen LogP contribution in [-0.2, 0) is 14.3 Å². The molecule has 0 aromatic carbocycles. The van der Waals surface area contributed by atoms with Crippen molar-refractivity contribution in [1.29, 1.82) is 0 Å². The molecule has 0 amide bonds. The van der Waals surface area contributed by atoms with Crippen molar-refractivity contribution in [3.63, 3.8) is 0 Å². The van der Waals surface area contributed by atoms with E-state index in [9.17, 15) is 4.79 Å². The summed E-state index contributed by atoms with van der Waals surface area (Å²) in [5.41, 5.74) is 0.988. The summed E-state index contributed by atoms with van der Waals surface area (Å²) >= 11 is 13.7. The molecule has 134 valence electrons. The Morgan fingerprint density at radius 3 is 2.71 bits per heavy atom. The van der Waals surface area contributed by atoms with E-state index in [1.807, 2.05) is 0 Å². The first kappa shape index (κ1) is 17.1. The van der Waals surface area contributed by atoms with Crippen LogP contribution in [0.2, 0.25) is 0 Å². The van der Waals surface area contributed by atoms with Gasteiger partial charge in [0.15, 0.2) is 0 Å². The Bertz CT molecular complexity index is 587. The molecule has 4 aliphatic rings. The molecule has 0 N–H and O–H groups in total. The minimum Gasteiger partial charge on any atom is -0.462 e. The monoisotopic (exact) mass is 373 g/mol. The highest BCUT2D eigenvalue weighted by Gasteiger charge is 2.82. The number of rotatable bonds is 2. The van der Waals surface area contributed by atoms with Gasteiger partial charge in [0.25, 0.3) is 0 Å². The quantitative estimate of drug-likeness (QED) is 0.422. The Morgan fingerprint density at radius 2 is 2.04 bits per heavy atom. The molecule has 0 radical (unpaired) electrons. The van der Waals surface area contributed by atoms with Crippen LogP contribution in [0, 0.1) is 11.3 Å². The Balaban J connectivity index is 1.66. The lowest BCUT2D eigenvalue weighted by atomic mass is 9.63. The smallest absolute Gasteiger partial charge is 0.302 e. The molecule has 4 nitrogen and oxygen atoms in total. The number of nitrogens with zero attached hydrogens (tertiary/aromatic N) is 1. The predicted molar refractivity (Wildman–Crippen MR) is 93.3 cm³/mol. The number of carbonyl (C=O) groups excluding carboxylic acids is 1. The minimum atomic E-state index is -0.758. The summed E-state index contributed by atoms with van der Waals surface area (Å²) < 4.78 is 10.4. The third kappa shape index (κ3) is 2.16. The van der Waals surface area contributed by atoms with Crippen molar-refractivity contribution in [2.45, 2.75) is 55.5 Å². The number of hydrogen-bond acceptors (Lipinski definition) is 4. The molecule has 4 rings (SSSR count). The van der Waals surface area contributed by atoms with E-state index in [4.69, 9.17) is 32.7 Å². The van der Waals surface area contributed by atoms with Crippen LogP contribution >= 0.6 is 23.2 Å². The summed E-state index contributed by atoms with van der Waals surface area (Å²) in [6.07, 6.45) is 5.94. The number of fused-ring (bicyclic) bond motifs is 3. The molecule has 1 aliphatic heterocycles. The van der Waals surface area contributed by atoms with Gasteiger partial charge in [-0.25, -0.2) is 0 Å². The molecular formula is C18H25Cl2NO3. The summed E-state index contributed by atoms with van der Waals surface area (Å²) in [7, 11) is 0. The fraction of sp³-hybridized carbons (Fsp3) is 0.833. The topological polar surface area (TPSA) is 38.8 Å². The molecule has 0 aromatic rings. The van der Waals surface area contributed by atoms with Crippen molar-refractivity contribution in [1.82, 2.24) is 4.90 Å². The van der Waals surface area contributed by atoms with Crippen molar-refractivity contribution >= 4 is 29.2 Å². The van der Waals surface area contributed by atoms with Crippen LogP contribution in [-0.4, -0.2) is 53.1 Å². The lowest BCUT2D eigenvalue weighted by molar-refractivity contribution is -0.154. The Kier molecular flexibility index (Phi) is 4.00. The molecule has 2 saturated carbocycles. The molecule has 1 heterocycles. The first-order valence-electron chi connectivity index (χ1n) is 8.92. The second kappa shape index (κ2) is 5.60. The molecule has 0 bridgehead atoms. The van der Waals surface area contributed by atoms with E-state index in [-0.39, 0.29) is 28.9 Å². The first-order chi connectivity index (χ1) is 11.3. The Morgan fingerprint density at radius 1 is 1.33 bits per heavy atom. The molecule has 0 aromatic heterocycles. The van der Waals surface area contributed by atoms with Gasteiger partial charge < -0.3 is 9.47 Å². The predicted octanol–water partition coefficient (Wildman–Crippen LogP) is 3.31. The lowest BCUT2D eigenvalue weighted by Gasteiger charge is -2.48. The van der Waals surface area contributed by atoms with Crippen LogP contribution < -0.4 is 0 Å². The number of carbonyl (C=O) groups is 1. The van der Waals surface area contributed by atoms with Gasteiger partial charge in [0.1, 0.15) is 10.4 Å². The third-order valence-corrected chi connectivity index (χ3v) is 7.81. The van der Waals surface area contributed by atoms with Crippen LogP contribution in [0.3, 0.4) is 0 Å². The van der Waals surface area contributed by atoms with E-state index >= 15 is 0 Å². The summed E-state index contributed by atoms with van der Waals surface area (Å²) in [5.74, 6) is -0.0742. The summed E-state index contributed by atoms with van der Waals surface area (Å²) in [6, 6.07) is 0. The number of morpholine rings is 1. The SMILES string of the molecule is CC(=O)OC1CCC=C2C3C(Cl)(Cl)C3(N3CCOCC3)CCC21C. The molecule has 6 heteroatoms. The zero-order valence-electron chi connectivity index (χ0n) is 14.3. The number of alkyl halides is 2. The standard InChI is InChI=1S/C18H25Cl2NO3/c1-12(22)24-14-5-3-4-13-15-17(18(15,19)20,7-6-16(13,14)2)21-8-10-23-11-9-21/h4,14-15H,3,5-11H2,1-2H3. The number of ether oxygens (including phenoxy) is 2. The molecule has 0 spiro atoms. The lowest BCUT2D eigenvalue weighted by Crippen LogP contribution is -2.52. The zero-order valence-corrected chi connectivity index (χ0v) is 15.8. The van der Waals surface area contributed by atoms with Crippen LogP contribution in [0.4, 0.5) is 0 Å². The Hall–Kier alpha value is -0.290. The van der Waals surface area contributed by atoms with Crippen molar-refractivity contribution < 1.29 is 14.3 Å². The maximum Gasteiger partial charge on any atom is 0.302 e. The van der Waals surface area contributed by atoms with Crippen molar-refractivity contribution in [3.8, 4) is 0 Å². The van der Waals surface area contributed by atoms with Crippen LogP contribution in [0.1, 0.15) is 39.5 Å². The maximum absolute atomic E-state index is 11.5. The molecule has 3 fully saturated rings. The molecular weight excluding hydrogens is 349 g/mol. The molecule has 1 saturated heterocycles. The van der Waals surface area contributed by atoms with Gasteiger partial charge in [-0.15, -0.1) is 0 Å². The largest absolute Gasteiger partial charge is 0.462 e. The fourth-order valence-electron chi connectivity index (χ4n) is 5.44. The summed E-state index contributed by atoms with van der Waals surface area (Å²) in [6.45, 7) is 6.96. The van der Waals surface area contributed by atoms with Gasteiger partial charge in [-0.3, -0.25) is 9.69 Å². The van der Waals surface area contributed by atoms with E-state index in [1.165, 1.54) is 12.5 Å². The Labute approximate surface area is 153 Å². The number of halogens is 2. The van der Waals surface area contributed by atoms with Gasteiger partial charge in [0.2, 0.25) is 0 Å².